The first-order valence-corrected chi connectivity index (χ1v) is 8.00. The van der Waals surface area contributed by atoms with Crippen LogP contribution in [0.3, 0.4) is 0 Å². The Hall–Kier alpha value is -0.420. The van der Waals surface area contributed by atoms with Crippen molar-refractivity contribution in [2.45, 2.75) is 44.8 Å². The highest BCUT2D eigenvalue weighted by molar-refractivity contribution is 7.09. The fourth-order valence-corrected chi connectivity index (χ4v) is 3.55. The molecular weight excluding hydrogens is 256 g/mol. The molecule has 1 saturated carbocycles. The molecular formula is C15H26N2OS. The minimum Gasteiger partial charge on any atom is -0.383 e. The molecule has 19 heavy (non-hydrogen) atoms. The zero-order valence-electron chi connectivity index (χ0n) is 12.3. The van der Waals surface area contributed by atoms with E-state index in [9.17, 15) is 0 Å². The van der Waals surface area contributed by atoms with Crippen molar-refractivity contribution < 1.29 is 4.74 Å². The number of hydrogen-bond acceptors (Lipinski definition) is 4. The van der Waals surface area contributed by atoms with E-state index >= 15 is 0 Å². The number of nitrogens with zero attached hydrogens (tertiary/aromatic N) is 1. The molecule has 2 rings (SSSR count). The molecule has 1 atom stereocenters. The first-order chi connectivity index (χ1) is 9.14. The minimum absolute atomic E-state index is 0.0418. The quantitative estimate of drug-likeness (QED) is 0.797. The van der Waals surface area contributed by atoms with Crippen LogP contribution in [0.15, 0.2) is 17.5 Å². The van der Waals surface area contributed by atoms with Crippen LogP contribution in [0.1, 0.15) is 31.6 Å². The van der Waals surface area contributed by atoms with Crippen LogP contribution < -0.4 is 5.73 Å². The van der Waals surface area contributed by atoms with Crippen molar-refractivity contribution in [1.29, 1.82) is 0 Å². The van der Waals surface area contributed by atoms with Gasteiger partial charge in [-0.05, 0) is 30.2 Å². The van der Waals surface area contributed by atoms with Crippen LogP contribution in [-0.2, 0) is 11.3 Å². The Bertz CT molecular complexity index is 376. The molecule has 1 heterocycles. The molecule has 3 nitrogen and oxygen atoms in total. The van der Waals surface area contributed by atoms with Gasteiger partial charge in [-0.25, -0.2) is 0 Å². The largest absolute Gasteiger partial charge is 0.383 e. The molecule has 0 aliphatic heterocycles. The topological polar surface area (TPSA) is 38.5 Å². The lowest BCUT2D eigenvalue weighted by atomic mass is 9.84. The van der Waals surface area contributed by atoms with Crippen LogP contribution >= 0.6 is 11.3 Å². The number of rotatable bonds is 8. The van der Waals surface area contributed by atoms with Gasteiger partial charge in [0.05, 0.1) is 12.1 Å². The fraction of sp³-hybridized carbons (Fsp3) is 0.733. The predicted molar refractivity (Wildman–Crippen MR) is 81.4 cm³/mol. The molecule has 1 aromatic rings. The Morgan fingerprint density at radius 1 is 1.53 bits per heavy atom. The van der Waals surface area contributed by atoms with E-state index < -0.39 is 0 Å². The average Bonchev–Trinajstić information content (AvgIpc) is 3.10. The summed E-state index contributed by atoms with van der Waals surface area (Å²) in [6, 6.07) is 5.03. The van der Waals surface area contributed by atoms with Crippen molar-refractivity contribution in [3.05, 3.63) is 22.4 Å². The molecule has 1 aromatic heterocycles. The Kier molecular flexibility index (Phi) is 5.01. The van der Waals surface area contributed by atoms with E-state index in [4.69, 9.17) is 10.5 Å². The summed E-state index contributed by atoms with van der Waals surface area (Å²) in [4.78, 5) is 4.02. The van der Waals surface area contributed by atoms with Crippen molar-refractivity contribution in [1.82, 2.24) is 4.90 Å². The number of nitrogens with two attached hydrogens (primary N) is 1. The van der Waals surface area contributed by atoms with Gasteiger partial charge in [-0.3, -0.25) is 4.90 Å². The van der Waals surface area contributed by atoms with Gasteiger partial charge in [0, 0.05) is 31.1 Å². The van der Waals surface area contributed by atoms with Gasteiger partial charge in [-0.1, -0.05) is 19.9 Å². The van der Waals surface area contributed by atoms with Crippen LogP contribution in [0.5, 0.6) is 0 Å². The van der Waals surface area contributed by atoms with E-state index in [1.54, 1.807) is 7.11 Å². The first kappa shape index (κ1) is 15.0. The van der Waals surface area contributed by atoms with Crippen molar-refractivity contribution in [2.75, 3.05) is 20.3 Å². The molecule has 1 fully saturated rings. The summed E-state index contributed by atoms with van der Waals surface area (Å²) in [5.74, 6) is 0.484. The van der Waals surface area contributed by atoms with Gasteiger partial charge in [0.25, 0.3) is 0 Å². The summed E-state index contributed by atoms with van der Waals surface area (Å²) in [5.41, 5.74) is 6.13. The van der Waals surface area contributed by atoms with Gasteiger partial charge in [0.15, 0.2) is 0 Å². The highest BCUT2D eigenvalue weighted by atomic mass is 32.1. The summed E-state index contributed by atoms with van der Waals surface area (Å²) in [6.45, 7) is 6.88. The molecule has 0 amide bonds. The summed E-state index contributed by atoms with van der Waals surface area (Å²) in [5, 5.41) is 2.15. The average molecular weight is 282 g/mol. The van der Waals surface area contributed by atoms with Gasteiger partial charge >= 0.3 is 0 Å². The Balaban J connectivity index is 2.23. The zero-order chi connectivity index (χ0) is 13.9. The fourth-order valence-electron chi connectivity index (χ4n) is 2.85. The van der Waals surface area contributed by atoms with Gasteiger partial charge < -0.3 is 10.5 Å². The molecule has 0 aromatic carbocycles. The second-order valence-electron chi connectivity index (χ2n) is 5.83. The number of methoxy groups -OCH3 is 1. The third-order valence-corrected chi connectivity index (χ3v) is 5.15. The van der Waals surface area contributed by atoms with E-state index in [0.29, 0.717) is 25.1 Å². The molecule has 1 aliphatic rings. The Morgan fingerprint density at radius 2 is 2.26 bits per heavy atom. The van der Waals surface area contributed by atoms with Crippen LogP contribution in [0.4, 0.5) is 0 Å². The normalized spacial score (nSPS) is 19.1. The maximum Gasteiger partial charge on any atom is 0.0661 e. The molecule has 4 heteroatoms. The molecule has 2 N–H and O–H groups in total. The van der Waals surface area contributed by atoms with Gasteiger partial charge in [-0.15, -0.1) is 11.3 Å². The zero-order valence-corrected chi connectivity index (χ0v) is 13.1. The third kappa shape index (κ3) is 3.19. The Labute approximate surface area is 120 Å². The minimum atomic E-state index is -0.0418. The highest BCUT2D eigenvalue weighted by Crippen LogP contribution is 2.38. The predicted octanol–water partition coefficient (Wildman–Crippen LogP) is 2.71. The lowest BCUT2D eigenvalue weighted by Gasteiger charge is -2.46. The van der Waals surface area contributed by atoms with Gasteiger partial charge in [0.1, 0.15) is 0 Å². The van der Waals surface area contributed by atoms with E-state index in [1.807, 2.05) is 11.3 Å². The molecule has 0 radical (unpaired) electrons. The van der Waals surface area contributed by atoms with E-state index in [1.165, 1.54) is 17.7 Å². The lowest BCUT2D eigenvalue weighted by molar-refractivity contribution is -0.0264. The van der Waals surface area contributed by atoms with Crippen LogP contribution in [0, 0.1) is 5.92 Å². The number of hydrogen-bond donors (Lipinski definition) is 1. The van der Waals surface area contributed by atoms with Gasteiger partial charge in [0.2, 0.25) is 0 Å². The monoisotopic (exact) mass is 282 g/mol. The standard InChI is InChI=1S/C15H26N2OS/c1-12(2)15(10-16,11-18-3)17(13-6-7-13)9-14-5-4-8-19-14/h4-5,8,12-13H,6-7,9-11,16H2,1-3H3. The number of thiophene rings is 1. The van der Waals surface area contributed by atoms with Crippen molar-refractivity contribution >= 4 is 11.3 Å². The molecule has 1 aliphatic carbocycles. The third-order valence-electron chi connectivity index (χ3n) is 4.29. The summed E-state index contributed by atoms with van der Waals surface area (Å²) in [6.07, 6.45) is 2.59. The molecule has 108 valence electrons. The van der Waals surface area contributed by atoms with E-state index in [-0.39, 0.29) is 5.54 Å². The molecule has 1 unspecified atom stereocenters. The van der Waals surface area contributed by atoms with E-state index in [0.717, 1.165) is 6.54 Å². The second-order valence-corrected chi connectivity index (χ2v) is 6.87. The van der Waals surface area contributed by atoms with Crippen LogP contribution in [0.25, 0.3) is 0 Å². The maximum absolute atomic E-state index is 6.17. The SMILES string of the molecule is COCC(CN)(C(C)C)N(Cc1cccs1)C1CC1. The van der Waals surface area contributed by atoms with Crippen molar-refractivity contribution in [3.8, 4) is 0 Å². The lowest BCUT2D eigenvalue weighted by Crippen LogP contribution is -2.60. The van der Waals surface area contributed by atoms with Crippen LogP contribution in [-0.4, -0.2) is 36.7 Å². The second kappa shape index (κ2) is 6.35. The van der Waals surface area contributed by atoms with Gasteiger partial charge in [-0.2, -0.15) is 0 Å². The summed E-state index contributed by atoms with van der Waals surface area (Å²) >= 11 is 1.83. The summed E-state index contributed by atoms with van der Waals surface area (Å²) < 4.78 is 5.52. The smallest absolute Gasteiger partial charge is 0.0661 e. The van der Waals surface area contributed by atoms with Crippen molar-refractivity contribution in [3.63, 3.8) is 0 Å². The van der Waals surface area contributed by atoms with Crippen LogP contribution in [0.2, 0.25) is 0 Å². The molecule has 0 saturated heterocycles. The van der Waals surface area contributed by atoms with Crippen molar-refractivity contribution in [2.24, 2.45) is 11.7 Å². The maximum atomic E-state index is 6.17. The molecule has 0 spiro atoms. The highest BCUT2D eigenvalue weighted by Gasteiger charge is 2.45. The first-order valence-electron chi connectivity index (χ1n) is 7.12. The number of ether oxygens (including phenoxy) is 1. The molecule has 0 bridgehead atoms. The summed E-state index contributed by atoms with van der Waals surface area (Å²) in [7, 11) is 1.78. The van der Waals surface area contributed by atoms with E-state index in [2.05, 4.69) is 36.3 Å². The Morgan fingerprint density at radius 3 is 2.68 bits per heavy atom.